The van der Waals surface area contributed by atoms with E-state index in [9.17, 15) is 0 Å². The number of anilines is 2. The number of furan rings is 1. The summed E-state index contributed by atoms with van der Waals surface area (Å²) in [5.74, 6) is 0.227. The highest BCUT2D eigenvalue weighted by Crippen LogP contribution is 2.50. The summed E-state index contributed by atoms with van der Waals surface area (Å²) in [6, 6.07) is 57.9. The third-order valence-corrected chi connectivity index (χ3v) is 12.3. The van der Waals surface area contributed by atoms with Crippen LogP contribution in [0.1, 0.15) is 35.4 Å². The molecule has 2 aromatic heterocycles. The maximum absolute atomic E-state index is 6.19. The standard InChI is InChI=1S/C54H38N2O/c1-2-11-35(12-3-1)37-13-10-14-38(31-37)36-21-25-41(26-22-36)55-49-18-7-4-15-43(49)46-32-39(23-28-51(46)55)40-24-29-52-47(33-40)44-16-5-8-19-50(44)56(52)42-27-30-54-48(34-42)45-17-6-9-20-53(45)57-54/h2,4-34,47,52H,1,3H2. The van der Waals surface area contributed by atoms with Crippen molar-refractivity contribution in [2.75, 3.05) is 4.90 Å². The van der Waals surface area contributed by atoms with Crippen molar-refractivity contribution in [3.63, 3.8) is 0 Å². The molecule has 3 heteroatoms. The highest BCUT2D eigenvalue weighted by atomic mass is 16.3. The monoisotopic (exact) mass is 730 g/mol. The quantitative estimate of drug-likeness (QED) is 0.176. The van der Waals surface area contributed by atoms with Crippen LogP contribution in [0.2, 0.25) is 0 Å². The van der Waals surface area contributed by atoms with Gasteiger partial charge in [0.05, 0.1) is 17.1 Å². The third-order valence-electron chi connectivity index (χ3n) is 12.3. The molecular formula is C54H38N2O. The molecule has 270 valence electrons. The average molecular weight is 731 g/mol. The summed E-state index contributed by atoms with van der Waals surface area (Å²) in [5, 5.41) is 4.83. The lowest BCUT2D eigenvalue weighted by Gasteiger charge is -2.30. The molecule has 12 rings (SSSR count). The van der Waals surface area contributed by atoms with Crippen LogP contribution in [0.3, 0.4) is 0 Å². The van der Waals surface area contributed by atoms with Crippen molar-refractivity contribution in [1.29, 1.82) is 0 Å². The van der Waals surface area contributed by atoms with Gasteiger partial charge in [0.15, 0.2) is 0 Å². The van der Waals surface area contributed by atoms with Gasteiger partial charge in [0, 0.05) is 44.5 Å². The number of nitrogens with zero attached hydrogens (tertiary/aromatic N) is 2. The first-order valence-electron chi connectivity index (χ1n) is 20.1. The van der Waals surface area contributed by atoms with E-state index < -0.39 is 0 Å². The maximum atomic E-state index is 6.19. The Morgan fingerprint density at radius 3 is 2.16 bits per heavy atom. The van der Waals surface area contributed by atoms with Gasteiger partial charge in [-0.1, -0.05) is 127 Å². The zero-order valence-corrected chi connectivity index (χ0v) is 31.3. The minimum absolute atomic E-state index is 0.180. The van der Waals surface area contributed by atoms with Gasteiger partial charge in [-0.2, -0.15) is 0 Å². The van der Waals surface area contributed by atoms with Crippen molar-refractivity contribution in [1.82, 2.24) is 4.57 Å². The number of rotatable bonds is 5. The molecule has 3 heterocycles. The van der Waals surface area contributed by atoms with Gasteiger partial charge in [0.25, 0.3) is 0 Å². The largest absolute Gasteiger partial charge is 0.456 e. The zero-order valence-electron chi connectivity index (χ0n) is 31.3. The molecule has 7 aromatic carbocycles. The van der Waals surface area contributed by atoms with E-state index in [4.69, 9.17) is 4.42 Å². The molecule has 3 nitrogen and oxygen atoms in total. The molecule has 0 fully saturated rings. The Balaban J connectivity index is 0.899. The first-order chi connectivity index (χ1) is 28.2. The fourth-order valence-corrected chi connectivity index (χ4v) is 9.65. The molecule has 3 aliphatic rings. The Morgan fingerprint density at radius 1 is 0.491 bits per heavy atom. The lowest BCUT2D eigenvalue weighted by Crippen LogP contribution is -2.28. The van der Waals surface area contributed by atoms with Crippen molar-refractivity contribution in [2.24, 2.45) is 0 Å². The topological polar surface area (TPSA) is 21.3 Å². The summed E-state index contributed by atoms with van der Waals surface area (Å²) >= 11 is 0. The van der Waals surface area contributed by atoms with Crippen LogP contribution in [-0.4, -0.2) is 10.6 Å². The number of allylic oxidation sites excluding steroid dienone is 6. The minimum Gasteiger partial charge on any atom is -0.456 e. The van der Waals surface area contributed by atoms with E-state index in [2.05, 4.69) is 192 Å². The van der Waals surface area contributed by atoms with Gasteiger partial charge in [-0.15, -0.1) is 0 Å². The number of fused-ring (bicyclic) bond motifs is 9. The van der Waals surface area contributed by atoms with Crippen LogP contribution < -0.4 is 4.90 Å². The summed E-state index contributed by atoms with van der Waals surface area (Å²) in [5.41, 5.74) is 16.8. The van der Waals surface area contributed by atoms with E-state index in [0.29, 0.717) is 0 Å². The Bertz CT molecular complexity index is 3200. The van der Waals surface area contributed by atoms with Crippen molar-refractivity contribution in [3.05, 3.63) is 211 Å². The minimum atomic E-state index is 0.180. The molecule has 2 atom stereocenters. The lowest BCUT2D eigenvalue weighted by molar-refractivity contribution is 0.669. The predicted molar refractivity (Wildman–Crippen MR) is 239 cm³/mol. The van der Waals surface area contributed by atoms with Crippen LogP contribution >= 0.6 is 0 Å². The third kappa shape index (κ3) is 5.12. The van der Waals surface area contributed by atoms with E-state index in [1.54, 1.807) is 0 Å². The van der Waals surface area contributed by atoms with Gasteiger partial charge in [0.2, 0.25) is 0 Å². The molecule has 2 unspecified atom stereocenters. The second kappa shape index (κ2) is 12.7. The van der Waals surface area contributed by atoms with E-state index in [-0.39, 0.29) is 12.0 Å². The molecule has 0 amide bonds. The first-order valence-corrected chi connectivity index (χ1v) is 20.1. The molecule has 0 saturated carbocycles. The molecule has 2 aliphatic carbocycles. The maximum Gasteiger partial charge on any atom is 0.135 e. The summed E-state index contributed by atoms with van der Waals surface area (Å²) in [4.78, 5) is 2.51. The SMILES string of the molecule is C1=CC(c2cccc(-c3ccc(-n4c5ccccc5c5cc(C6=CC7c8ccccc8N(c8ccc9oc%10ccccc%10c9c8)C7C=C6)ccc54)cc3)c2)=CCC1. The van der Waals surface area contributed by atoms with Crippen LogP contribution in [0.15, 0.2) is 199 Å². The van der Waals surface area contributed by atoms with E-state index in [1.807, 2.05) is 12.1 Å². The van der Waals surface area contributed by atoms with Gasteiger partial charge in [-0.25, -0.2) is 0 Å². The normalized spacial score (nSPS) is 17.4. The van der Waals surface area contributed by atoms with Crippen LogP contribution in [0.25, 0.3) is 71.7 Å². The smallest absolute Gasteiger partial charge is 0.135 e. The number of para-hydroxylation sites is 3. The van der Waals surface area contributed by atoms with Crippen LogP contribution in [0, 0.1) is 0 Å². The molecule has 0 radical (unpaired) electrons. The number of hydrogen-bond acceptors (Lipinski definition) is 2. The number of hydrogen-bond donors (Lipinski definition) is 0. The van der Waals surface area contributed by atoms with Crippen molar-refractivity contribution in [3.8, 4) is 16.8 Å². The van der Waals surface area contributed by atoms with E-state index >= 15 is 0 Å². The molecule has 0 bridgehead atoms. The van der Waals surface area contributed by atoms with Gasteiger partial charge in [-0.05, 0) is 119 Å². The predicted octanol–water partition coefficient (Wildman–Crippen LogP) is 14.3. The first kappa shape index (κ1) is 32.2. The number of aromatic nitrogens is 1. The fraction of sp³-hybridized carbons (Fsp3) is 0.0741. The van der Waals surface area contributed by atoms with E-state index in [1.165, 1.54) is 72.1 Å². The summed E-state index contributed by atoms with van der Waals surface area (Å²) in [7, 11) is 0. The molecule has 57 heavy (non-hydrogen) atoms. The fourth-order valence-electron chi connectivity index (χ4n) is 9.65. The molecule has 0 saturated heterocycles. The summed E-state index contributed by atoms with van der Waals surface area (Å²) in [6.07, 6.45) is 16.3. The van der Waals surface area contributed by atoms with Crippen molar-refractivity contribution < 1.29 is 4.42 Å². The Kier molecular flexibility index (Phi) is 7.18. The molecule has 0 N–H and O–H groups in total. The zero-order chi connectivity index (χ0) is 37.5. The number of benzene rings is 7. The molecule has 1 aliphatic heterocycles. The van der Waals surface area contributed by atoms with Gasteiger partial charge in [0.1, 0.15) is 11.2 Å². The average Bonchev–Trinajstić information content (AvgIpc) is 3.94. The van der Waals surface area contributed by atoms with Gasteiger partial charge < -0.3 is 13.9 Å². The van der Waals surface area contributed by atoms with Crippen LogP contribution in [-0.2, 0) is 0 Å². The van der Waals surface area contributed by atoms with Crippen LogP contribution in [0.4, 0.5) is 11.4 Å². The summed E-state index contributed by atoms with van der Waals surface area (Å²) < 4.78 is 8.60. The Labute approximate surface area is 331 Å². The lowest BCUT2D eigenvalue weighted by atomic mass is 9.86. The molecule has 0 spiro atoms. The Hall–Kier alpha value is -7.10. The van der Waals surface area contributed by atoms with Gasteiger partial charge in [-0.3, -0.25) is 0 Å². The second-order valence-electron chi connectivity index (χ2n) is 15.6. The van der Waals surface area contributed by atoms with Crippen LogP contribution in [0.5, 0.6) is 0 Å². The van der Waals surface area contributed by atoms with Crippen molar-refractivity contribution >= 4 is 66.3 Å². The highest BCUT2D eigenvalue weighted by Gasteiger charge is 2.38. The summed E-state index contributed by atoms with van der Waals surface area (Å²) in [6.45, 7) is 0. The Morgan fingerprint density at radius 2 is 1.25 bits per heavy atom. The molecule has 9 aromatic rings. The second-order valence-corrected chi connectivity index (χ2v) is 15.6. The highest BCUT2D eigenvalue weighted by molar-refractivity contribution is 6.10. The van der Waals surface area contributed by atoms with E-state index in [0.717, 1.165) is 40.5 Å². The van der Waals surface area contributed by atoms with Gasteiger partial charge >= 0.3 is 0 Å². The van der Waals surface area contributed by atoms with Crippen molar-refractivity contribution in [2.45, 2.75) is 24.8 Å². The molecular weight excluding hydrogens is 693 g/mol.